The molecule has 0 spiro atoms. The van der Waals surface area contributed by atoms with Gasteiger partial charge in [-0.1, -0.05) is 36.4 Å². The smallest absolute Gasteiger partial charge is 0.227 e. The lowest BCUT2D eigenvalue weighted by atomic mass is 10.1. The van der Waals surface area contributed by atoms with Gasteiger partial charge in [-0.3, -0.25) is 4.99 Å². The molecule has 3 heteroatoms. The van der Waals surface area contributed by atoms with E-state index in [1.807, 2.05) is 60.7 Å². The van der Waals surface area contributed by atoms with Crippen molar-refractivity contribution in [3.05, 3.63) is 89.5 Å². The molecule has 0 aliphatic carbocycles. The molecule has 0 unspecified atom stereocenters. The molecule has 0 aliphatic rings. The van der Waals surface area contributed by atoms with Crippen molar-refractivity contribution in [1.29, 1.82) is 0 Å². The quantitative estimate of drug-likeness (QED) is 0.392. The lowest BCUT2D eigenvalue weighted by Crippen LogP contribution is -1.79. The van der Waals surface area contributed by atoms with Gasteiger partial charge >= 0.3 is 0 Å². The summed E-state index contributed by atoms with van der Waals surface area (Å²) in [6.45, 7) is 4.16. The lowest BCUT2D eigenvalue weighted by molar-refractivity contribution is 0.619. The van der Waals surface area contributed by atoms with Crippen molar-refractivity contribution >= 4 is 29.1 Å². The van der Waals surface area contributed by atoms with Gasteiger partial charge in [-0.05, 0) is 73.0 Å². The molecule has 0 saturated heterocycles. The Bertz CT molecular complexity index is 1080. The van der Waals surface area contributed by atoms with E-state index < -0.39 is 0 Å². The summed E-state index contributed by atoms with van der Waals surface area (Å²) < 4.78 is 5.92. The normalized spacial score (nSPS) is 11.8. The van der Waals surface area contributed by atoms with Gasteiger partial charge in [-0.2, -0.15) is 0 Å². The summed E-state index contributed by atoms with van der Waals surface area (Å²) in [7, 11) is 0. The molecule has 0 amide bonds. The molecule has 0 atom stereocenters. The molecule has 132 valence electrons. The Morgan fingerprint density at radius 3 is 2.41 bits per heavy atom. The van der Waals surface area contributed by atoms with Crippen LogP contribution in [-0.4, -0.2) is 11.2 Å². The highest BCUT2D eigenvalue weighted by molar-refractivity contribution is 5.81. The number of allylic oxidation sites excluding steroid dienone is 1. The van der Waals surface area contributed by atoms with E-state index in [0.717, 1.165) is 27.9 Å². The van der Waals surface area contributed by atoms with Crippen molar-refractivity contribution in [2.75, 3.05) is 0 Å². The first-order valence-electron chi connectivity index (χ1n) is 8.93. The summed E-state index contributed by atoms with van der Waals surface area (Å²) in [6, 6.07) is 22.2. The van der Waals surface area contributed by atoms with Crippen LogP contribution in [0, 0.1) is 13.8 Å². The van der Waals surface area contributed by atoms with E-state index in [2.05, 4.69) is 42.0 Å². The molecular weight excluding hydrogens is 332 g/mol. The van der Waals surface area contributed by atoms with Crippen LogP contribution in [0.3, 0.4) is 0 Å². The predicted molar refractivity (Wildman–Crippen MR) is 113 cm³/mol. The molecule has 0 bridgehead atoms. The minimum absolute atomic E-state index is 0.634. The number of oxazole rings is 1. The van der Waals surface area contributed by atoms with Crippen molar-refractivity contribution < 1.29 is 4.42 Å². The molecule has 1 heterocycles. The Hall–Kier alpha value is -3.46. The highest BCUT2D eigenvalue weighted by atomic mass is 16.3. The fraction of sp³-hybridized carbons (Fsp3) is 0.0833. The van der Waals surface area contributed by atoms with Crippen LogP contribution in [0.2, 0.25) is 0 Å². The van der Waals surface area contributed by atoms with Crippen LogP contribution in [0.15, 0.2) is 82.2 Å². The van der Waals surface area contributed by atoms with Crippen LogP contribution in [0.25, 0.3) is 28.6 Å². The zero-order valence-corrected chi connectivity index (χ0v) is 15.4. The van der Waals surface area contributed by atoms with Gasteiger partial charge in [0.2, 0.25) is 5.89 Å². The fourth-order valence-corrected chi connectivity index (χ4v) is 2.84. The monoisotopic (exact) mass is 352 g/mol. The van der Waals surface area contributed by atoms with Crippen molar-refractivity contribution in [1.82, 2.24) is 4.98 Å². The van der Waals surface area contributed by atoms with Crippen LogP contribution in [-0.2, 0) is 0 Å². The highest BCUT2D eigenvalue weighted by Gasteiger charge is 2.09. The van der Waals surface area contributed by atoms with E-state index >= 15 is 0 Å². The number of aliphatic imine (C=N–C) groups is 1. The van der Waals surface area contributed by atoms with E-state index in [-0.39, 0.29) is 0 Å². The van der Waals surface area contributed by atoms with E-state index in [1.54, 1.807) is 6.21 Å². The maximum Gasteiger partial charge on any atom is 0.227 e. The summed E-state index contributed by atoms with van der Waals surface area (Å²) in [5, 5.41) is 0. The SMILES string of the molecule is Cc1cc2nc(-c3ccc(N=C/C=C/c4ccccc4)cc3)oc2cc1C. The summed E-state index contributed by atoms with van der Waals surface area (Å²) in [4.78, 5) is 9.07. The van der Waals surface area contributed by atoms with Gasteiger partial charge in [0.15, 0.2) is 5.58 Å². The summed E-state index contributed by atoms with van der Waals surface area (Å²) in [6.07, 6.45) is 5.77. The third-order valence-electron chi connectivity index (χ3n) is 4.52. The number of hydrogen-bond acceptors (Lipinski definition) is 3. The first-order valence-corrected chi connectivity index (χ1v) is 8.93. The molecule has 27 heavy (non-hydrogen) atoms. The van der Waals surface area contributed by atoms with Crippen molar-refractivity contribution in [2.45, 2.75) is 13.8 Å². The Morgan fingerprint density at radius 1 is 0.889 bits per heavy atom. The second-order valence-corrected chi connectivity index (χ2v) is 6.52. The zero-order chi connectivity index (χ0) is 18.6. The Balaban J connectivity index is 1.50. The third kappa shape index (κ3) is 3.87. The Morgan fingerprint density at radius 2 is 1.63 bits per heavy atom. The first kappa shape index (κ1) is 17.0. The topological polar surface area (TPSA) is 38.4 Å². The molecule has 0 N–H and O–H groups in total. The maximum atomic E-state index is 5.92. The number of aromatic nitrogens is 1. The molecule has 3 aromatic carbocycles. The molecule has 0 fully saturated rings. The summed E-state index contributed by atoms with van der Waals surface area (Å²) in [5.41, 5.74) is 7.12. The molecule has 0 aliphatic heterocycles. The minimum Gasteiger partial charge on any atom is -0.436 e. The predicted octanol–water partition coefficient (Wildman–Crippen LogP) is 6.53. The number of fused-ring (bicyclic) bond motifs is 1. The number of rotatable bonds is 4. The van der Waals surface area contributed by atoms with E-state index in [9.17, 15) is 0 Å². The largest absolute Gasteiger partial charge is 0.436 e. The zero-order valence-electron chi connectivity index (χ0n) is 15.4. The minimum atomic E-state index is 0.634. The second kappa shape index (κ2) is 7.42. The van der Waals surface area contributed by atoms with Crippen LogP contribution >= 0.6 is 0 Å². The van der Waals surface area contributed by atoms with Gasteiger partial charge in [0.05, 0.1) is 5.69 Å². The van der Waals surface area contributed by atoms with E-state index in [1.165, 1.54) is 11.1 Å². The van der Waals surface area contributed by atoms with Crippen LogP contribution in [0.1, 0.15) is 16.7 Å². The molecule has 0 saturated carbocycles. The van der Waals surface area contributed by atoms with Gasteiger partial charge in [0, 0.05) is 11.8 Å². The van der Waals surface area contributed by atoms with Gasteiger partial charge in [-0.25, -0.2) is 4.98 Å². The van der Waals surface area contributed by atoms with E-state index in [0.29, 0.717) is 5.89 Å². The highest BCUT2D eigenvalue weighted by Crippen LogP contribution is 2.27. The Kier molecular flexibility index (Phi) is 4.67. The van der Waals surface area contributed by atoms with Crippen LogP contribution in [0.5, 0.6) is 0 Å². The molecule has 3 nitrogen and oxygen atoms in total. The maximum absolute atomic E-state index is 5.92. The van der Waals surface area contributed by atoms with Crippen LogP contribution in [0.4, 0.5) is 5.69 Å². The summed E-state index contributed by atoms with van der Waals surface area (Å²) in [5.74, 6) is 0.634. The van der Waals surface area contributed by atoms with Gasteiger partial charge in [0.1, 0.15) is 5.52 Å². The first-order chi connectivity index (χ1) is 13.2. The molecule has 4 rings (SSSR count). The van der Waals surface area contributed by atoms with Gasteiger partial charge < -0.3 is 4.42 Å². The number of hydrogen-bond donors (Lipinski definition) is 0. The Labute approximate surface area is 158 Å². The standard InChI is InChI=1S/C24H20N2O/c1-17-15-22-23(16-18(17)2)27-24(26-22)20-10-12-21(13-11-20)25-14-6-9-19-7-4-3-5-8-19/h3-16H,1-2H3/b9-6+,25-14?. The second-order valence-electron chi connectivity index (χ2n) is 6.52. The van der Waals surface area contributed by atoms with Crippen molar-refractivity contribution in [3.8, 4) is 11.5 Å². The van der Waals surface area contributed by atoms with Crippen molar-refractivity contribution in [2.24, 2.45) is 4.99 Å². The summed E-state index contributed by atoms with van der Waals surface area (Å²) >= 11 is 0. The number of benzene rings is 3. The molecule has 4 aromatic rings. The van der Waals surface area contributed by atoms with Gasteiger partial charge in [-0.15, -0.1) is 0 Å². The fourth-order valence-electron chi connectivity index (χ4n) is 2.84. The van der Waals surface area contributed by atoms with Crippen molar-refractivity contribution in [3.63, 3.8) is 0 Å². The van der Waals surface area contributed by atoms with Gasteiger partial charge in [0.25, 0.3) is 0 Å². The molecule has 1 aromatic heterocycles. The molecular formula is C24H20N2O. The molecule has 0 radical (unpaired) electrons. The number of nitrogens with zero attached hydrogens (tertiary/aromatic N) is 2. The number of aryl methyl sites for hydroxylation is 2. The average Bonchev–Trinajstić information content (AvgIpc) is 3.09. The lowest BCUT2D eigenvalue weighted by Gasteiger charge is -1.96. The van der Waals surface area contributed by atoms with Crippen LogP contribution < -0.4 is 0 Å². The average molecular weight is 352 g/mol. The van der Waals surface area contributed by atoms with E-state index in [4.69, 9.17) is 4.42 Å². The third-order valence-corrected chi connectivity index (χ3v) is 4.52.